The maximum Gasteiger partial charge on any atom is 0.147 e. The Bertz CT molecular complexity index is 1630. The zero-order valence-electron chi connectivity index (χ0n) is 19.7. The van der Waals surface area contributed by atoms with Gasteiger partial charge in [0.05, 0.1) is 29.0 Å². The monoisotopic (exact) mass is 462 g/mol. The van der Waals surface area contributed by atoms with Crippen molar-refractivity contribution in [1.29, 1.82) is 0 Å². The Morgan fingerprint density at radius 1 is 1.09 bits per heavy atom. The van der Waals surface area contributed by atoms with E-state index in [2.05, 4.69) is 78.8 Å². The third-order valence-electron chi connectivity index (χ3n) is 6.23. The number of aryl methyl sites for hydroxylation is 1. The van der Waals surface area contributed by atoms with Crippen molar-refractivity contribution in [3.63, 3.8) is 0 Å². The molecule has 35 heavy (non-hydrogen) atoms. The lowest BCUT2D eigenvalue weighted by Crippen LogP contribution is -2.16. The van der Waals surface area contributed by atoms with Crippen LogP contribution in [0.1, 0.15) is 18.2 Å². The highest BCUT2D eigenvalue weighted by Gasteiger charge is 2.15. The topological polar surface area (TPSA) is 99.6 Å². The third kappa shape index (κ3) is 3.98. The molecule has 0 atom stereocenters. The minimum Gasteiger partial charge on any atom is -0.353 e. The Morgan fingerprint density at radius 3 is 2.89 bits per heavy atom. The molecule has 8 nitrogen and oxygen atoms in total. The van der Waals surface area contributed by atoms with Crippen molar-refractivity contribution >= 4 is 33.6 Å². The molecule has 0 spiro atoms. The summed E-state index contributed by atoms with van der Waals surface area (Å²) in [6.07, 6.45) is 11.9. The Morgan fingerprint density at radius 2 is 2.03 bits per heavy atom. The number of aromatic nitrogens is 6. The van der Waals surface area contributed by atoms with Crippen LogP contribution in [0.25, 0.3) is 44.6 Å². The molecule has 0 saturated heterocycles. The number of imidazole rings is 1. The highest BCUT2D eigenvalue weighted by molar-refractivity contribution is 5.99. The van der Waals surface area contributed by atoms with Crippen LogP contribution in [-0.4, -0.2) is 55.6 Å². The number of rotatable bonds is 6. The molecule has 5 aromatic rings. The molecule has 0 aliphatic carbocycles. The van der Waals surface area contributed by atoms with Crippen molar-refractivity contribution in [3.05, 3.63) is 78.0 Å². The molecule has 1 aliphatic heterocycles. The van der Waals surface area contributed by atoms with E-state index in [4.69, 9.17) is 0 Å². The second-order valence-corrected chi connectivity index (χ2v) is 8.69. The summed E-state index contributed by atoms with van der Waals surface area (Å²) in [4.78, 5) is 17.0. The number of allylic oxidation sites excluding steroid dienone is 2. The van der Waals surface area contributed by atoms with Crippen LogP contribution in [0, 0.1) is 6.92 Å². The molecule has 1 aliphatic rings. The minimum absolute atomic E-state index is 0.670. The van der Waals surface area contributed by atoms with E-state index in [0.29, 0.717) is 6.54 Å². The van der Waals surface area contributed by atoms with Gasteiger partial charge in [0, 0.05) is 35.9 Å². The first kappa shape index (κ1) is 21.2. The van der Waals surface area contributed by atoms with Crippen LogP contribution >= 0.6 is 0 Å². The fourth-order valence-electron chi connectivity index (χ4n) is 4.49. The third-order valence-corrected chi connectivity index (χ3v) is 6.23. The van der Waals surface area contributed by atoms with E-state index in [0.717, 1.165) is 63.4 Å². The van der Waals surface area contributed by atoms with E-state index >= 15 is 0 Å². The van der Waals surface area contributed by atoms with Crippen LogP contribution in [-0.2, 0) is 0 Å². The average Bonchev–Trinajstić information content (AvgIpc) is 3.56. The maximum atomic E-state index is 4.66. The second kappa shape index (κ2) is 8.81. The smallest absolute Gasteiger partial charge is 0.147 e. The number of likely N-dealkylation sites (N-methyl/N-ethyl adjacent to an activating group) is 1. The van der Waals surface area contributed by atoms with Gasteiger partial charge in [-0.05, 0) is 60.5 Å². The molecular formula is C27H26N8. The molecule has 6 rings (SSSR count). The van der Waals surface area contributed by atoms with Gasteiger partial charge in [-0.1, -0.05) is 19.1 Å². The summed E-state index contributed by atoms with van der Waals surface area (Å²) in [5, 5.41) is 13.3. The van der Waals surface area contributed by atoms with Crippen molar-refractivity contribution < 1.29 is 0 Å². The first-order valence-corrected chi connectivity index (χ1v) is 11.8. The summed E-state index contributed by atoms with van der Waals surface area (Å²) in [5.74, 6) is 0.841. The molecule has 0 radical (unpaired) electrons. The normalized spacial score (nSPS) is 13.9. The summed E-state index contributed by atoms with van der Waals surface area (Å²) in [6, 6.07) is 10.5. The van der Waals surface area contributed by atoms with Crippen LogP contribution in [0.4, 0.5) is 0 Å². The first-order valence-electron chi connectivity index (χ1n) is 11.8. The van der Waals surface area contributed by atoms with Gasteiger partial charge in [-0.2, -0.15) is 5.10 Å². The fraction of sp³-hybridized carbons (Fsp3) is 0.185. The van der Waals surface area contributed by atoms with Crippen molar-refractivity contribution in [2.45, 2.75) is 13.8 Å². The van der Waals surface area contributed by atoms with E-state index in [1.807, 2.05) is 36.2 Å². The first-order chi connectivity index (χ1) is 17.2. The lowest BCUT2D eigenvalue weighted by atomic mass is 10.0. The van der Waals surface area contributed by atoms with Crippen molar-refractivity contribution in [2.75, 3.05) is 19.6 Å². The highest BCUT2D eigenvalue weighted by Crippen LogP contribution is 2.32. The number of fused-ring (bicyclic) bond motifs is 2. The number of hydrogen-bond acceptors (Lipinski definition) is 5. The lowest BCUT2D eigenvalue weighted by Gasteiger charge is -2.06. The molecule has 174 valence electrons. The molecule has 0 unspecified atom stereocenters. The zero-order valence-corrected chi connectivity index (χ0v) is 19.7. The van der Waals surface area contributed by atoms with E-state index in [1.165, 1.54) is 11.1 Å². The van der Waals surface area contributed by atoms with Gasteiger partial charge in [0.25, 0.3) is 0 Å². The zero-order chi connectivity index (χ0) is 23.8. The molecule has 0 amide bonds. The maximum absolute atomic E-state index is 4.66. The Kier molecular flexibility index (Phi) is 5.35. The highest BCUT2D eigenvalue weighted by atomic mass is 15.1. The number of hydrogen-bond donors (Lipinski definition) is 3. The van der Waals surface area contributed by atoms with Gasteiger partial charge in [-0.15, -0.1) is 0 Å². The summed E-state index contributed by atoms with van der Waals surface area (Å²) in [7, 11) is 0. The summed E-state index contributed by atoms with van der Waals surface area (Å²) in [5.41, 5.74) is 8.26. The predicted molar refractivity (Wildman–Crippen MR) is 141 cm³/mol. The molecule has 0 fully saturated rings. The Hall–Kier alpha value is -4.30. The Labute approximate surface area is 202 Å². The van der Waals surface area contributed by atoms with Gasteiger partial charge in [-0.3, -0.25) is 14.7 Å². The summed E-state index contributed by atoms with van der Waals surface area (Å²) in [6.45, 7) is 6.48. The molecule has 8 heteroatoms. The molecule has 4 aromatic heterocycles. The molecule has 0 saturated carbocycles. The van der Waals surface area contributed by atoms with Crippen LogP contribution in [0.15, 0.2) is 71.8 Å². The van der Waals surface area contributed by atoms with Gasteiger partial charge in [0.15, 0.2) is 0 Å². The number of benzene rings is 1. The molecular weight excluding hydrogens is 436 g/mol. The SMILES string of the molecule is CCNCC1=CC(c2ccc3[nH]nc(-c4cc5c(-n6cnc(C)c6)nccc5[nH]4)c3c2)=CCN=C1. The second-order valence-electron chi connectivity index (χ2n) is 8.69. The van der Waals surface area contributed by atoms with Crippen LogP contribution in [0.3, 0.4) is 0 Å². The van der Waals surface area contributed by atoms with E-state index < -0.39 is 0 Å². The van der Waals surface area contributed by atoms with Crippen LogP contribution in [0.2, 0.25) is 0 Å². The molecule has 3 N–H and O–H groups in total. The van der Waals surface area contributed by atoms with Crippen LogP contribution in [0.5, 0.6) is 0 Å². The number of aliphatic imine (C=N–C) groups is 1. The molecule has 5 heterocycles. The summed E-state index contributed by atoms with van der Waals surface area (Å²) >= 11 is 0. The van der Waals surface area contributed by atoms with Gasteiger partial charge in [0.1, 0.15) is 17.8 Å². The van der Waals surface area contributed by atoms with E-state index in [9.17, 15) is 0 Å². The van der Waals surface area contributed by atoms with E-state index in [1.54, 1.807) is 6.33 Å². The largest absolute Gasteiger partial charge is 0.353 e. The lowest BCUT2D eigenvalue weighted by molar-refractivity contribution is 0.790. The summed E-state index contributed by atoms with van der Waals surface area (Å²) < 4.78 is 1.95. The number of nitrogens with one attached hydrogen (secondary N) is 3. The Balaban J connectivity index is 1.42. The van der Waals surface area contributed by atoms with Gasteiger partial charge >= 0.3 is 0 Å². The fourth-order valence-corrected chi connectivity index (χ4v) is 4.49. The standard InChI is InChI=1S/C27H26N8/c1-3-28-13-18-10-20(6-8-29-14-18)19-4-5-24-21(11-19)26(34-33-24)25-12-22-23(32-25)7-9-30-27(22)35-15-17(2)31-16-35/h4-7,9-12,14-16,28,32H,3,8,13H2,1-2H3,(H,33,34). The average molecular weight is 463 g/mol. The van der Waals surface area contributed by atoms with Crippen LogP contribution < -0.4 is 5.32 Å². The van der Waals surface area contributed by atoms with Gasteiger partial charge < -0.3 is 10.3 Å². The minimum atomic E-state index is 0.670. The quantitative estimate of drug-likeness (QED) is 0.343. The van der Waals surface area contributed by atoms with Crippen molar-refractivity contribution in [1.82, 2.24) is 35.0 Å². The molecule has 0 bridgehead atoms. The number of H-pyrrole nitrogens is 2. The van der Waals surface area contributed by atoms with Crippen molar-refractivity contribution in [2.24, 2.45) is 4.99 Å². The number of aromatic amines is 2. The molecule has 1 aromatic carbocycles. The number of nitrogens with zero attached hydrogens (tertiary/aromatic N) is 5. The van der Waals surface area contributed by atoms with Crippen molar-refractivity contribution in [3.8, 4) is 17.2 Å². The van der Waals surface area contributed by atoms with Gasteiger partial charge in [-0.25, -0.2) is 9.97 Å². The van der Waals surface area contributed by atoms with Gasteiger partial charge in [0.2, 0.25) is 0 Å². The predicted octanol–water partition coefficient (Wildman–Crippen LogP) is 4.60. The van der Waals surface area contributed by atoms with E-state index in [-0.39, 0.29) is 0 Å². The number of pyridine rings is 1.